The third-order valence-corrected chi connectivity index (χ3v) is 2.41. The normalized spacial score (nSPS) is 11.5. The number of nitrogens with two attached hydrogens (primary N) is 1. The number of benzene rings is 2. The van der Waals surface area contributed by atoms with E-state index in [0.29, 0.717) is 12.4 Å². The van der Waals surface area contributed by atoms with Gasteiger partial charge < -0.3 is 5.73 Å². The summed E-state index contributed by atoms with van der Waals surface area (Å²) in [6.07, 6.45) is 0. The Morgan fingerprint density at radius 1 is 1.00 bits per heavy atom. The summed E-state index contributed by atoms with van der Waals surface area (Å²) in [6, 6.07) is 15.8. The second-order valence-electron chi connectivity index (χ2n) is 3.69. The molecule has 2 N–H and O–H groups in total. The van der Waals surface area contributed by atoms with Crippen LogP contribution in [0.1, 0.15) is 11.1 Å². The summed E-state index contributed by atoms with van der Waals surface area (Å²) in [4.78, 5) is 4.27. The van der Waals surface area contributed by atoms with E-state index in [1.54, 1.807) is 12.1 Å². The van der Waals surface area contributed by atoms with E-state index in [0.717, 1.165) is 11.1 Å². The van der Waals surface area contributed by atoms with Crippen molar-refractivity contribution < 1.29 is 4.39 Å². The molecule has 0 amide bonds. The maximum atomic E-state index is 12.7. The van der Waals surface area contributed by atoms with Crippen molar-refractivity contribution in [3.05, 3.63) is 71.5 Å². The van der Waals surface area contributed by atoms with E-state index in [1.807, 2.05) is 30.3 Å². The molecule has 0 fully saturated rings. The van der Waals surface area contributed by atoms with Gasteiger partial charge in [-0.05, 0) is 17.7 Å². The van der Waals surface area contributed by atoms with Crippen LogP contribution < -0.4 is 5.73 Å². The van der Waals surface area contributed by atoms with Gasteiger partial charge in [-0.25, -0.2) is 4.39 Å². The van der Waals surface area contributed by atoms with Crippen LogP contribution in [0.3, 0.4) is 0 Å². The summed E-state index contributed by atoms with van der Waals surface area (Å²) in [5.74, 6) is 0.253. The minimum absolute atomic E-state index is 0.242. The van der Waals surface area contributed by atoms with E-state index in [-0.39, 0.29) is 5.82 Å². The highest BCUT2D eigenvalue weighted by molar-refractivity contribution is 5.97. The van der Waals surface area contributed by atoms with Gasteiger partial charge in [-0.3, -0.25) is 4.99 Å². The molecular formula is C14H13FN2. The molecule has 0 radical (unpaired) electrons. The van der Waals surface area contributed by atoms with E-state index >= 15 is 0 Å². The summed E-state index contributed by atoms with van der Waals surface area (Å²) >= 11 is 0. The van der Waals surface area contributed by atoms with Crippen molar-refractivity contribution in [1.82, 2.24) is 0 Å². The van der Waals surface area contributed by atoms with Crippen molar-refractivity contribution in [3.8, 4) is 0 Å². The SMILES string of the molecule is NC(=NCc1ccc(F)cc1)c1ccccc1. The fourth-order valence-corrected chi connectivity index (χ4v) is 1.47. The zero-order chi connectivity index (χ0) is 12.1. The number of nitrogens with zero attached hydrogens (tertiary/aromatic N) is 1. The zero-order valence-corrected chi connectivity index (χ0v) is 9.31. The second-order valence-corrected chi connectivity index (χ2v) is 3.69. The van der Waals surface area contributed by atoms with Gasteiger partial charge in [-0.2, -0.15) is 0 Å². The van der Waals surface area contributed by atoms with Crippen LogP contribution in [0.4, 0.5) is 4.39 Å². The lowest BCUT2D eigenvalue weighted by atomic mass is 10.2. The standard InChI is InChI=1S/C14H13FN2/c15-13-8-6-11(7-9-13)10-17-14(16)12-4-2-1-3-5-12/h1-9H,10H2,(H2,16,17). The molecule has 0 aliphatic carbocycles. The van der Waals surface area contributed by atoms with E-state index in [9.17, 15) is 4.39 Å². The molecule has 0 heterocycles. The van der Waals surface area contributed by atoms with Gasteiger partial charge in [-0.15, -0.1) is 0 Å². The number of rotatable bonds is 3. The van der Waals surface area contributed by atoms with E-state index in [2.05, 4.69) is 4.99 Å². The lowest BCUT2D eigenvalue weighted by molar-refractivity contribution is 0.627. The maximum Gasteiger partial charge on any atom is 0.125 e. The molecule has 2 aromatic rings. The van der Waals surface area contributed by atoms with Gasteiger partial charge in [0, 0.05) is 5.56 Å². The lowest BCUT2D eigenvalue weighted by Crippen LogP contribution is -2.13. The molecule has 86 valence electrons. The van der Waals surface area contributed by atoms with Crippen molar-refractivity contribution in [2.24, 2.45) is 10.7 Å². The van der Waals surface area contributed by atoms with E-state index in [1.165, 1.54) is 12.1 Å². The van der Waals surface area contributed by atoms with Crippen LogP contribution in [0.5, 0.6) is 0 Å². The first-order valence-corrected chi connectivity index (χ1v) is 5.35. The Kier molecular flexibility index (Phi) is 3.50. The van der Waals surface area contributed by atoms with Gasteiger partial charge in [0.1, 0.15) is 11.7 Å². The zero-order valence-electron chi connectivity index (χ0n) is 9.31. The predicted molar refractivity (Wildman–Crippen MR) is 67.3 cm³/mol. The van der Waals surface area contributed by atoms with Gasteiger partial charge >= 0.3 is 0 Å². The summed E-state index contributed by atoms with van der Waals surface area (Å²) in [5, 5.41) is 0. The fourth-order valence-electron chi connectivity index (χ4n) is 1.47. The minimum Gasteiger partial charge on any atom is -0.383 e. The van der Waals surface area contributed by atoms with Crippen LogP contribution >= 0.6 is 0 Å². The summed E-state index contributed by atoms with van der Waals surface area (Å²) in [7, 11) is 0. The molecule has 0 atom stereocenters. The molecule has 0 aliphatic heterocycles. The summed E-state index contributed by atoms with van der Waals surface area (Å²) in [6.45, 7) is 0.459. The van der Waals surface area contributed by atoms with Crippen LogP contribution in [-0.2, 0) is 6.54 Å². The first-order chi connectivity index (χ1) is 8.25. The molecule has 17 heavy (non-hydrogen) atoms. The highest BCUT2D eigenvalue weighted by Gasteiger charge is 1.97. The van der Waals surface area contributed by atoms with Gasteiger partial charge in [0.25, 0.3) is 0 Å². The third kappa shape index (κ3) is 3.14. The Morgan fingerprint density at radius 2 is 1.65 bits per heavy atom. The van der Waals surface area contributed by atoms with Crippen molar-refractivity contribution in [1.29, 1.82) is 0 Å². The molecule has 0 saturated heterocycles. The highest BCUT2D eigenvalue weighted by Crippen LogP contribution is 2.05. The topological polar surface area (TPSA) is 38.4 Å². The average Bonchev–Trinajstić information content (AvgIpc) is 2.39. The molecule has 2 aromatic carbocycles. The smallest absolute Gasteiger partial charge is 0.125 e. The van der Waals surface area contributed by atoms with E-state index < -0.39 is 0 Å². The average molecular weight is 228 g/mol. The Labute approximate surface area is 99.6 Å². The van der Waals surface area contributed by atoms with Gasteiger partial charge in [0.05, 0.1) is 6.54 Å². The molecule has 2 rings (SSSR count). The summed E-state index contributed by atoms with van der Waals surface area (Å²) in [5.41, 5.74) is 7.68. The van der Waals surface area contributed by atoms with Crippen LogP contribution in [-0.4, -0.2) is 5.84 Å². The Balaban J connectivity index is 2.08. The predicted octanol–water partition coefficient (Wildman–Crippen LogP) is 2.73. The van der Waals surface area contributed by atoms with E-state index in [4.69, 9.17) is 5.73 Å². The van der Waals surface area contributed by atoms with Crippen LogP contribution in [0, 0.1) is 5.82 Å². The molecule has 0 unspecified atom stereocenters. The van der Waals surface area contributed by atoms with Gasteiger partial charge in [0.15, 0.2) is 0 Å². The lowest BCUT2D eigenvalue weighted by Gasteiger charge is -2.01. The molecular weight excluding hydrogens is 215 g/mol. The molecule has 0 spiro atoms. The van der Waals surface area contributed by atoms with Crippen molar-refractivity contribution >= 4 is 5.84 Å². The number of aliphatic imine (C=N–C) groups is 1. The Bertz CT molecular complexity index is 504. The fraction of sp³-hybridized carbons (Fsp3) is 0.0714. The van der Waals surface area contributed by atoms with Crippen LogP contribution in [0.25, 0.3) is 0 Å². The molecule has 2 nitrogen and oxygen atoms in total. The number of amidine groups is 1. The number of halogens is 1. The molecule has 3 heteroatoms. The van der Waals surface area contributed by atoms with Crippen molar-refractivity contribution in [2.75, 3.05) is 0 Å². The molecule has 0 bridgehead atoms. The van der Waals surface area contributed by atoms with Gasteiger partial charge in [-0.1, -0.05) is 42.5 Å². The van der Waals surface area contributed by atoms with Crippen molar-refractivity contribution in [3.63, 3.8) is 0 Å². The molecule has 0 aliphatic rings. The van der Waals surface area contributed by atoms with Crippen LogP contribution in [0.15, 0.2) is 59.6 Å². The van der Waals surface area contributed by atoms with Crippen LogP contribution in [0.2, 0.25) is 0 Å². The largest absolute Gasteiger partial charge is 0.383 e. The first-order valence-electron chi connectivity index (χ1n) is 5.35. The Hall–Kier alpha value is -2.16. The third-order valence-electron chi connectivity index (χ3n) is 2.41. The Morgan fingerprint density at radius 3 is 2.29 bits per heavy atom. The highest BCUT2D eigenvalue weighted by atomic mass is 19.1. The molecule has 0 saturated carbocycles. The van der Waals surface area contributed by atoms with Crippen molar-refractivity contribution in [2.45, 2.75) is 6.54 Å². The monoisotopic (exact) mass is 228 g/mol. The maximum absolute atomic E-state index is 12.7. The first kappa shape index (κ1) is 11.3. The minimum atomic E-state index is -0.242. The quantitative estimate of drug-likeness (QED) is 0.636. The molecule has 0 aromatic heterocycles. The number of hydrogen-bond donors (Lipinski definition) is 1. The van der Waals surface area contributed by atoms with Gasteiger partial charge in [0.2, 0.25) is 0 Å². The summed E-state index contributed by atoms with van der Waals surface area (Å²) < 4.78 is 12.7. The second kappa shape index (κ2) is 5.25. The number of hydrogen-bond acceptors (Lipinski definition) is 1.